The number of carbonyl (C=O) groups is 1. The minimum Gasteiger partial charge on any atom is -0.493 e. The molecule has 0 saturated heterocycles. The van der Waals surface area contributed by atoms with Crippen molar-refractivity contribution in [1.82, 2.24) is 14.9 Å². The maximum Gasteiger partial charge on any atom is 0.340 e. The third-order valence-electron chi connectivity index (χ3n) is 5.76. The van der Waals surface area contributed by atoms with Crippen LogP contribution in [0.4, 0.5) is 0 Å². The Morgan fingerprint density at radius 2 is 1.91 bits per heavy atom. The Kier molecular flexibility index (Phi) is 6.09. The van der Waals surface area contributed by atoms with Crippen molar-refractivity contribution in [3.05, 3.63) is 63.8 Å². The molecule has 0 bridgehead atoms. The standard InChI is InChI=1S/C25H27N3O5/c1-14(2)28-19-9-7-6-8-18(19)27-21(28)13-26-22(29)12-17-15(3)16-10-11-20(31-4)24(32-5)23(16)33-25(17)30/h6-11,14H,12-13H2,1-5H3,(H,26,29). The molecule has 8 nitrogen and oxygen atoms in total. The highest BCUT2D eigenvalue weighted by molar-refractivity contribution is 5.90. The average Bonchev–Trinajstić information content (AvgIpc) is 3.18. The highest BCUT2D eigenvalue weighted by atomic mass is 16.5. The van der Waals surface area contributed by atoms with Crippen LogP contribution in [0.3, 0.4) is 0 Å². The van der Waals surface area contributed by atoms with Crippen molar-refractivity contribution < 1.29 is 18.7 Å². The fourth-order valence-corrected chi connectivity index (χ4v) is 4.17. The maximum atomic E-state index is 12.8. The predicted octanol–water partition coefficient (Wildman–Crippen LogP) is 3.91. The van der Waals surface area contributed by atoms with Gasteiger partial charge in [0.25, 0.3) is 0 Å². The summed E-state index contributed by atoms with van der Waals surface area (Å²) in [6, 6.07) is 11.6. The molecule has 8 heteroatoms. The quantitative estimate of drug-likeness (QED) is 0.430. The molecule has 0 atom stereocenters. The normalized spacial score (nSPS) is 11.3. The minimum absolute atomic E-state index is 0.0969. The number of nitrogens with zero attached hydrogens (tertiary/aromatic N) is 2. The fourth-order valence-electron chi connectivity index (χ4n) is 4.17. The SMILES string of the molecule is COc1ccc2c(C)c(CC(=O)NCc3nc4ccccc4n3C(C)C)c(=O)oc2c1OC. The van der Waals surface area contributed by atoms with Gasteiger partial charge >= 0.3 is 5.63 Å². The first-order valence-corrected chi connectivity index (χ1v) is 10.8. The molecule has 2 aromatic heterocycles. The van der Waals surface area contributed by atoms with Crippen LogP contribution in [0.15, 0.2) is 45.6 Å². The molecule has 33 heavy (non-hydrogen) atoms. The van der Waals surface area contributed by atoms with Gasteiger partial charge in [0.15, 0.2) is 11.3 Å². The van der Waals surface area contributed by atoms with Crippen molar-refractivity contribution in [3.63, 3.8) is 0 Å². The van der Waals surface area contributed by atoms with Crippen molar-refractivity contribution in [3.8, 4) is 11.5 Å². The van der Waals surface area contributed by atoms with Crippen LogP contribution in [0.5, 0.6) is 11.5 Å². The Bertz CT molecular complexity index is 1400. The van der Waals surface area contributed by atoms with Crippen LogP contribution < -0.4 is 20.4 Å². The van der Waals surface area contributed by atoms with E-state index in [-0.39, 0.29) is 24.9 Å². The number of imidazole rings is 1. The van der Waals surface area contributed by atoms with Gasteiger partial charge in [0, 0.05) is 11.4 Å². The molecule has 0 radical (unpaired) electrons. The summed E-state index contributed by atoms with van der Waals surface area (Å²) in [7, 11) is 3.00. The van der Waals surface area contributed by atoms with Gasteiger partial charge in [0.2, 0.25) is 11.7 Å². The second kappa shape index (κ2) is 8.97. The summed E-state index contributed by atoms with van der Waals surface area (Å²) in [6.45, 7) is 6.21. The summed E-state index contributed by atoms with van der Waals surface area (Å²) in [4.78, 5) is 30.2. The first-order chi connectivity index (χ1) is 15.8. The number of aryl methyl sites for hydroxylation is 1. The van der Waals surface area contributed by atoms with E-state index in [1.807, 2.05) is 24.3 Å². The number of aromatic nitrogens is 2. The van der Waals surface area contributed by atoms with Gasteiger partial charge in [0.1, 0.15) is 5.82 Å². The molecule has 4 rings (SSSR count). The molecule has 0 aliphatic rings. The second-order valence-corrected chi connectivity index (χ2v) is 8.10. The second-order valence-electron chi connectivity index (χ2n) is 8.10. The molecule has 1 amide bonds. The van der Waals surface area contributed by atoms with E-state index >= 15 is 0 Å². The van der Waals surface area contributed by atoms with Gasteiger partial charge in [-0.25, -0.2) is 9.78 Å². The van der Waals surface area contributed by atoms with Crippen molar-refractivity contribution in [2.45, 2.75) is 39.8 Å². The number of hydrogen-bond donors (Lipinski definition) is 1. The lowest BCUT2D eigenvalue weighted by Gasteiger charge is -2.14. The van der Waals surface area contributed by atoms with E-state index in [2.05, 4.69) is 28.7 Å². The van der Waals surface area contributed by atoms with E-state index in [1.54, 1.807) is 19.1 Å². The Labute approximate surface area is 191 Å². The van der Waals surface area contributed by atoms with Crippen LogP contribution in [-0.4, -0.2) is 29.7 Å². The zero-order chi connectivity index (χ0) is 23.7. The number of amides is 1. The lowest BCUT2D eigenvalue weighted by atomic mass is 10.0. The zero-order valence-corrected chi connectivity index (χ0v) is 19.4. The molecule has 0 aliphatic carbocycles. The van der Waals surface area contributed by atoms with Gasteiger partial charge in [0.05, 0.1) is 43.8 Å². The van der Waals surface area contributed by atoms with Crippen LogP contribution in [0, 0.1) is 6.92 Å². The first-order valence-electron chi connectivity index (χ1n) is 10.8. The van der Waals surface area contributed by atoms with Crippen LogP contribution in [0.25, 0.3) is 22.0 Å². The van der Waals surface area contributed by atoms with Crippen molar-refractivity contribution in [1.29, 1.82) is 0 Å². The molecule has 172 valence electrons. The number of hydrogen-bond acceptors (Lipinski definition) is 6. The lowest BCUT2D eigenvalue weighted by Crippen LogP contribution is -2.28. The zero-order valence-electron chi connectivity index (χ0n) is 19.4. The molecule has 1 N–H and O–H groups in total. The lowest BCUT2D eigenvalue weighted by molar-refractivity contribution is -0.120. The Hall–Kier alpha value is -3.81. The topological polar surface area (TPSA) is 95.6 Å². The predicted molar refractivity (Wildman–Crippen MR) is 126 cm³/mol. The summed E-state index contributed by atoms with van der Waals surface area (Å²) in [5, 5.41) is 3.59. The van der Waals surface area contributed by atoms with E-state index < -0.39 is 5.63 Å². The summed E-state index contributed by atoms with van der Waals surface area (Å²) in [5.41, 5.74) is 2.61. The van der Waals surface area contributed by atoms with Gasteiger partial charge in [-0.05, 0) is 50.6 Å². The summed E-state index contributed by atoms with van der Waals surface area (Å²) in [5.74, 6) is 1.29. The third-order valence-corrected chi connectivity index (χ3v) is 5.76. The van der Waals surface area contributed by atoms with E-state index in [0.717, 1.165) is 16.9 Å². The molecule has 0 unspecified atom stereocenters. The summed E-state index contributed by atoms with van der Waals surface area (Å²) < 4.78 is 18.3. The number of ether oxygens (including phenoxy) is 2. The molecular weight excluding hydrogens is 422 g/mol. The number of rotatable bonds is 7. The number of para-hydroxylation sites is 2. The molecule has 2 aromatic carbocycles. The highest BCUT2D eigenvalue weighted by Crippen LogP contribution is 2.36. The number of methoxy groups -OCH3 is 2. The Morgan fingerprint density at radius 3 is 2.61 bits per heavy atom. The van der Waals surface area contributed by atoms with Crippen LogP contribution in [0.2, 0.25) is 0 Å². The van der Waals surface area contributed by atoms with Crippen LogP contribution in [0.1, 0.15) is 36.8 Å². The van der Waals surface area contributed by atoms with E-state index in [0.29, 0.717) is 33.6 Å². The largest absolute Gasteiger partial charge is 0.493 e. The van der Waals surface area contributed by atoms with Crippen molar-refractivity contribution in [2.75, 3.05) is 14.2 Å². The number of carbonyl (C=O) groups excluding carboxylic acids is 1. The minimum atomic E-state index is -0.573. The monoisotopic (exact) mass is 449 g/mol. The smallest absolute Gasteiger partial charge is 0.340 e. The molecule has 0 saturated carbocycles. The van der Waals surface area contributed by atoms with Crippen molar-refractivity contribution in [2.24, 2.45) is 0 Å². The molecule has 0 spiro atoms. The fraction of sp³-hybridized carbons (Fsp3) is 0.320. The van der Waals surface area contributed by atoms with Gasteiger partial charge in [-0.15, -0.1) is 0 Å². The van der Waals surface area contributed by atoms with Crippen LogP contribution in [-0.2, 0) is 17.8 Å². The van der Waals surface area contributed by atoms with Gasteiger partial charge in [-0.1, -0.05) is 12.1 Å². The number of benzene rings is 2. The molecule has 4 aromatic rings. The first kappa shape index (κ1) is 22.4. The van der Waals surface area contributed by atoms with E-state index in [1.165, 1.54) is 14.2 Å². The Morgan fingerprint density at radius 1 is 1.15 bits per heavy atom. The molecule has 0 aliphatic heterocycles. The van der Waals surface area contributed by atoms with Crippen molar-refractivity contribution >= 4 is 27.9 Å². The third kappa shape index (κ3) is 4.04. The highest BCUT2D eigenvalue weighted by Gasteiger charge is 2.20. The maximum absolute atomic E-state index is 12.8. The average molecular weight is 450 g/mol. The van der Waals surface area contributed by atoms with Gasteiger partial charge < -0.3 is 23.8 Å². The van der Waals surface area contributed by atoms with Gasteiger partial charge in [-0.3, -0.25) is 4.79 Å². The van der Waals surface area contributed by atoms with Gasteiger partial charge in [-0.2, -0.15) is 0 Å². The van der Waals surface area contributed by atoms with E-state index in [4.69, 9.17) is 13.9 Å². The molecule has 0 fully saturated rings. The van der Waals surface area contributed by atoms with Crippen LogP contribution >= 0.6 is 0 Å². The Balaban J connectivity index is 1.60. The number of fused-ring (bicyclic) bond motifs is 2. The molecular formula is C25H27N3O5. The summed E-state index contributed by atoms with van der Waals surface area (Å²) >= 11 is 0. The van der Waals surface area contributed by atoms with E-state index in [9.17, 15) is 9.59 Å². The summed E-state index contributed by atoms with van der Waals surface area (Å²) in [6.07, 6.45) is -0.0969. The molecule has 2 heterocycles. The number of nitrogens with one attached hydrogen (secondary N) is 1.